The molecule has 8 heteroatoms. The summed E-state index contributed by atoms with van der Waals surface area (Å²) >= 11 is 1.54. The fourth-order valence-corrected chi connectivity index (χ4v) is 4.71. The van der Waals surface area contributed by atoms with Crippen LogP contribution in [0.2, 0.25) is 0 Å². The van der Waals surface area contributed by atoms with E-state index < -0.39 is 0 Å². The van der Waals surface area contributed by atoms with Crippen LogP contribution in [0, 0.1) is 0 Å². The van der Waals surface area contributed by atoms with E-state index in [1.165, 1.54) is 6.20 Å². The number of hydrogen-bond donors (Lipinski definition) is 1. The number of nitrogens with one attached hydrogen (secondary N) is 1. The monoisotopic (exact) mass is 400 g/mol. The Hall–Kier alpha value is -2.32. The maximum atomic E-state index is 12.7. The lowest BCUT2D eigenvalue weighted by molar-refractivity contribution is 0.0935. The summed E-state index contributed by atoms with van der Waals surface area (Å²) in [6.45, 7) is 3.07. The van der Waals surface area contributed by atoms with Crippen molar-refractivity contribution in [3.63, 3.8) is 0 Å². The maximum Gasteiger partial charge on any atom is 0.267 e. The second-order valence-electron chi connectivity index (χ2n) is 7.00. The average molecular weight is 401 g/mol. The number of amides is 1. The molecular weight excluding hydrogens is 376 g/mol. The molecule has 0 unspecified atom stereocenters. The van der Waals surface area contributed by atoms with Crippen LogP contribution in [0.4, 0.5) is 0 Å². The Morgan fingerprint density at radius 2 is 2.00 bits per heavy atom. The van der Waals surface area contributed by atoms with Crippen molar-refractivity contribution < 1.29 is 9.53 Å². The van der Waals surface area contributed by atoms with E-state index in [-0.39, 0.29) is 23.1 Å². The molecule has 1 saturated heterocycles. The number of rotatable bonds is 6. The van der Waals surface area contributed by atoms with Crippen LogP contribution in [-0.2, 0) is 6.54 Å². The predicted molar refractivity (Wildman–Crippen MR) is 108 cm³/mol. The average Bonchev–Trinajstić information content (AvgIpc) is 3.41. The number of carbonyl (C=O) groups is 1. The molecule has 2 aliphatic heterocycles. The highest BCUT2D eigenvalue weighted by atomic mass is 32.2. The number of aromatic nitrogens is 2. The third-order valence-corrected chi connectivity index (χ3v) is 6.31. The number of thioether (sulfide) groups is 1. The second-order valence-corrected chi connectivity index (χ2v) is 8.06. The molecule has 148 valence electrons. The van der Waals surface area contributed by atoms with E-state index in [0.29, 0.717) is 18.2 Å². The van der Waals surface area contributed by atoms with Crippen LogP contribution < -0.4 is 15.6 Å². The molecule has 0 spiro atoms. The zero-order chi connectivity index (χ0) is 19.5. The van der Waals surface area contributed by atoms with Gasteiger partial charge in [0, 0.05) is 25.0 Å². The second kappa shape index (κ2) is 8.36. The zero-order valence-electron chi connectivity index (χ0n) is 15.9. The van der Waals surface area contributed by atoms with Crippen molar-refractivity contribution in [1.82, 2.24) is 19.8 Å². The van der Waals surface area contributed by atoms with Crippen LogP contribution in [0.25, 0.3) is 0 Å². The molecule has 0 radical (unpaired) electrons. The first-order valence-corrected chi connectivity index (χ1v) is 10.5. The summed E-state index contributed by atoms with van der Waals surface area (Å²) in [5.41, 5.74) is 0.985. The van der Waals surface area contributed by atoms with E-state index in [1.807, 2.05) is 24.3 Å². The number of benzene rings is 1. The van der Waals surface area contributed by atoms with Gasteiger partial charge in [0.15, 0.2) is 5.16 Å². The molecule has 2 aliphatic rings. The molecule has 1 N–H and O–H groups in total. The Bertz CT molecular complexity index is 907. The van der Waals surface area contributed by atoms with Gasteiger partial charge in [-0.1, -0.05) is 23.9 Å². The van der Waals surface area contributed by atoms with E-state index in [1.54, 1.807) is 23.4 Å². The van der Waals surface area contributed by atoms with Crippen LogP contribution in [0.5, 0.6) is 5.75 Å². The highest BCUT2D eigenvalue weighted by Gasteiger charge is 2.25. The van der Waals surface area contributed by atoms with Crippen molar-refractivity contribution in [3.05, 3.63) is 51.9 Å². The Kier molecular flexibility index (Phi) is 5.68. The van der Waals surface area contributed by atoms with Gasteiger partial charge < -0.3 is 10.1 Å². The minimum atomic E-state index is -0.359. The highest BCUT2D eigenvalue weighted by molar-refractivity contribution is 7.99. The maximum absolute atomic E-state index is 12.7. The first-order chi connectivity index (χ1) is 13.7. The van der Waals surface area contributed by atoms with E-state index in [4.69, 9.17) is 4.74 Å². The summed E-state index contributed by atoms with van der Waals surface area (Å²) in [7, 11) is 1.65. The lowest BCUT2D eigenvalue weighted by Crippen LogP contribution is -2.39. The Morgan fingerprint density at radius 1 is 1.25 bits per heavy atom. The van der Waals surface area contributed by atoms with Crippen molar-refractivity contribution in [2.24, 2.45) is 0 Å². The molecule has 7 nitrogen and oxygen atoms in total. The molecule has 1 fully saturated rings. The van der Waals surface area contributed by atoms with Gasteiger partial charge in [0.2, 0.25) is 0 Å². The smallest absolute Gasteiger partial charge is 0.267 e. The molecule has 4 rings (SSSR count). The van der Waals surface area contributed by atoms with Gasteiger partial charge in [-0.15, -0.1) is 0 Å². The normalized spacial score (nSPS) is 17.3. The molecule has 1 atom stereocenters. The lowest BCUT2D eigenvalue weighted by Gasteiger charge is -2.28. The van der Waals surface area contributed by atoms with E-state index >= 15 is 0 Å². The molecule has 28 heavy (non-hydrogen) atoms. The third kappa shape index (κ3) is 3.79. The SMILES string of the molecule is COc1ccc([C@H](CNC(=O)c2cnc3n(c2=O)CCS3)N2CCCC2)cc1. The molecule has 1 amide bonds. The predicted octanol–water partition coefficient (Wildman–Crippen LogP) is 1.92. The molecule has 0 aliphatic carbocycles. The first-order valence-electron chi connectivity index (χ1n) is 9.56. The van der Waals surface area contributed by atoms with E-state index in [9.17, 15) is 9.59 Å². The summed E-state index contributed by atoms with van der Waals surface area (Å²) in [6.07, 6.45) is 3.72. The van der Waals surface area contributed by atoms with Crippen LogP contribution in [0.15, 0.2) is 40.4 Å². The quantitative estimate of drug-likeness (QED) is 0.747. The third-order valence-electron chi connectivity index (χ3n) is 5.34. The van der Waals surface area contributed by atoms with Crippen molar-refractivity contribution in [2.75, 3.05) is 32.5 Å². The molecule has 1 aromatic heterocycles. The van der Waals surface area contributed by atoms with Crippen LogP contribution >= 0.6 is 11.8 Å². The van der Waals surface area contributed by atoms with Crippen LogP contribution in [-0.4, -0.2) is 52.9 Å². The Balaban J connectivity index is 1.51. The molecular formula is C20H24N4O3S. The Morgan fingerprint density at radius 3 is 2.71 bits per heavy atom. The van der Waals surface area contributed by atoms with E-state index in [0.717, 1.165) is 43.0 Å². The van der Waals surface area contributed by atoms with Crippen molar-refractivity contribution in [1.29, 1.82) is 0 Å². The molecule has 2 aromatic rings. The van der Waals surface area contributed by atoms with Gasteiger partial charge in [0.25, 0.3) is 11.5 Å². The minimum absolute atomic E-state index is 0.0676. The number of ether oxygens (including phenoxy) is 1. The fraction of sp³-hybridized carbons (Fsp3) is 0.450. The largest absolute Gasteiger partial charge is 0.497 e. The van der Waals surface area contributed by atoms with Crippen molar-refractivity contribution in [3.8, 4) is 5.75 Å². The van der Waals surface area contributed by atoms with Gasteiger partial charge in [0.05, 0.1) is 13.2 Å². The summed E-state index contributed by atoms with van der Waals surface area (Å²) in [6, 6.07) is 8.02. The summed E-state index contributed by atoms with van der Waals surface area (Å²) in [4.78, 5) is 31.9. The number of likely N-dealkylation sites (tertiary alicyclic amines) is 1. The standard InChI is InChI=1S/C20H24N4O3S/c1-27-15-6-4-14(5-7-15)17(23-8-2-3-9-23)13-21-18(25)16-12-22-20-24(19(16)26)10-11-28-20/h4-7,12,17H,2-3,8-11,13H2,1H3,(H,21,25)/t17-/m0/s1. The number of carbonyl (C=O) groups excluding carboxylic acids is 1. The molecule has 3 heterocycles. The number of methoxy groups -OCH3 is 1. The van der Waals surface area contributed by atoms with E-state index in [2.05, 4.69) is 15.2 Å². The van der Waals surface area contributed by atoms with Crippen LogP contribution in [0.1, 0.15) is 34.8 Å². The molecule has 0 saturated carbocycles. The number of hydrogen-bond acceptors (Lipinski definition) is 6. The molecule has 0 bridgehead atoms. The number of nitrogens with zero attached hydrogens (tertiary/aromatic N) is 3. The summed E-state index contributed by atoms with van der Waals surface area (Å²) in [5.74, 6) is 1.27. The van der Waals surface area contributed by atoms with Gasteiger partial charge in [-0.3, -0.25) is 19.1 Å². The highest BCUT2D eigenvalue weighted by Crippen LogP contribution is 2.26. The van der Waals surface area contributed by atoms with Crippen LogP contribution in [0.3, 0.4) is 0 Å². The first kappa shape index (κ1) is 19.0. The van der Waals surface area contributed by atoms with Gasteiger partial charge in [0.1, 0.15) is 11.3 Å². The minimum Gasteiger partial charge on any atom is -0.497 e. The summed E-state index contributed by atoms with van der Waals surface area (Å²) < 4.78 is 6.84. The fourth-order valence-electron chi connectivity index (χ4n) is 3.79. The van der Waals surface area contributed by atoms with Gasteiger partial charge in [-0.2, -0.15) is 0 Å². The summed E-state index contributed by atoms with van der Waals surface area (Å²) in [5, 5.41) is 3.65. The van der Waals surface area contributed by atoms with Gasteiger partial charge in [-0.05, 0) is 43.6 Å². The van der Waals surface area contributed by atoms with Gasteiger partial charge >= 0.3 is 0 Å². The lowest BCUT2D eigenvalue weighted by atomic mass is 10.0. The zero-order valence-corrected chi connectivity index (χ0v) is 16.7. The van der Waals surface area contributed by atoms with Gasteiger partial charge in [-0.25, -0.2) is 4.98 Å². The molecule has 1 aromatic carbocycles. The number of fused-ring (bicyclic) bond motifs is 1. The van der Waals surface area contributed by atoms with Crippen molar-refractivity contribution >= 4 is 17.7 Å². The van der Waals surface area contributed by atoms with Crippen molar-refractivity contribution in [2.45, 2.75) is 30.6 Å². The topological polar surface area (TPSA) is 76.5 Å². The Labute approximate surface area is 168 Å².